The number of nitrogens with zero attached hydrogens (tertiary/aromatic N) is 4. The van der Waals surface area contributed by atoms with Crippen LogP contribution in [0.5, 0.6) is 0 Å². The van der Waals surface area contributed by atoms with Crippen molar-refractivity contribution in [3.8, 4) is 0 Å². The lowest BCUT2D eigenvalue weighted by Gasteiger charge is -2.13. The van der Waals surface area contributed by atoms with Crippen LogP contribution in [-0.4, -0.2) is 47.5 Å². The molecule has 1 heterocycles. The van der Waals surface area contributed by atoms with E-state index >= 15 is 0 Å². The summed E-state index contributed by atoms with van der Waals surface area (Å²) < 4.78 is 20.2. The fourth-order valence-electron chi connectivity index (χ4n) is 2.59. The molecule has 27 heavy (non-hydrogen) atoms. The number of aryl methyl sites for hydroxylation is 2. The van der Waals surface area contributed by atoms with E-state index in [-0.39, 0.29) is 5.82 Å². The maximum Gasteiger partial charge on any atom is 0.191 e. The first-order chi connectivity index (χ1) is 13.0. The second kappa shape index (κ2) is 10.6. The summed E-state index contributed by atoms with van der Waals surface area (Å²) >= 11 is 0. The summed E-state index contributed by atoms with van der Waals surface area (Å²) in [5.41, 5.74) is 2.07. The van der Waals surface area contributed by atoms with Gasteiger partial charge in [-0.25, -0.2) is 9.38 Å². The molecule has 1 aromatic carbocycles. The number of guanidine groups is 1. The lowest BCUT2D eigenvalue weighted by atomic mass is 10.1. The molecular weight excluding hydrogens is 347 g/mol. The summed E-state index contributed by atoms with van der Waals surface area (Å²) in [6, 6.07) is 4.89. The van der Waals surface area contributed by atoms with Gasteiger partial charge in [0.2, 0.25) is 0 Å². The maximum absolute atomic E-state index is 13.2. The van der Waals surface area contributed by atoms with Crippen molar-refractivity contribution < 1.29 is 9.13 Å². The molecule has 0 saturated carbocycles. The highest BCUT2D eigenvalue weighted by Gasteiger charge is 2.06. The third-order valence-corrected chi connectivity index (χ3v) is 4.37. The molecule has 0 amide bonds. The number of nitrogens with one attached hydrogen (secondary N) is 2. The van der Waals surface area contributed by atoms with Crippen LogP contribution in [-0.2, 0) is 24.8 Å². The molecule has 0 aliphatic heterocycles. The Bertz CT molecular complexity index is 759. The van der Waals surface area contributed by atoms with Gasteiger partial charge in [-0.3, -0.25) is 0 Å². The number of rotatable bonds is 9. The van der Waals surface area contributed by atoms with Gasteiger partial charge in [0.25, 0.3) is 0 Å². The Morgan fingerprint density at radius 2 is 2.00 bits per heavy atom. The molecule has 2 rings (SSSR count). The second-order valence-corrected chi connectivity index (χ2v) is 6.41. The Morgan fingerprint density at radius 1 is 1.22 bits per heavy atom. The summed E-state index contributed by atoms with van der Waals surface area (Å²) in [6.45, 7) is 6.41. The first-order valence-electron chi connectivity index (χ1n) is 9.12. The van der Waals surface area contributed by atoms with Crippen molar-refractivity contribution in [1.29, 1.82) is 0 Å². The van der Waals surface area contributed by atoms with Gasteiger partial charge < -0.3 is 19.9 Å². The molecule has 0 aliphatic carbocycles. The molecule has 2 N–H and O–H groups in total. The highest BCUT2D eigenvalue weighted by molar-refractivity contribution is 5.79. The lowest BCUT2D eigenvalue weighted by molar-refractivity contribution is 0.195. The van der Waals surface area contributed by atoms with Gasteiger partial charge in [-0.2, -0.15) is 0 Å². The predicted molar refractivity (Wildman–Crippen MR) is 104 cm³/mol. The Kier molecular flexibility index (Phi) is 8.19. The molecule has 2 aromatic rings. The minimum atomic E-state index is -0.203. The molecule has 8 heteroatoms. The number of halogens is 1. The molecule has 0 radical (unpaired) electrons. The number of ether oxygens (including phenoxy) is 1. The summed E-state index contributed by atoms with van der Waals surface area (Å²) in [7, 11) is 3.62. The minimum absolute atomic E-state index is 0.203. The molecule has 0 unspecified atom stereocenters. The van der Waals surface area contributed by atoms with E-state index in [0.29, 0.717) is 25.7 Å². The fraction of sp³-hybridized carbons (Fsp3) is 0.526. The number of aromatic nitrogens is 3. The number of methoxy groups -OCH3 is 1. The highest BCUT2D eigenvalue weighted by Crippen LogP contribution is 2.10. The zero-order chi connectivity index (χ0) is 19.6. The Labute approximate surface area is 160 Å². The monoisotopic (exact) mass is 376 g/mol. The van der Waals surface area contributed by atoms with Crippen LogP contribution in [0.15, 0.2) is 23.2 Å². The normalized spacial score (nSPS) is 11.7. The molecular formula is C19H29FN6O. The molecule has 0 saturated heterocycles. The number of hydrogen-bond donors (Lipinski definition) is 2. The zero-order valence-corrected chi connectivity index (χ0v) is 16.5. The van der Waals surface area contributed by atoms with E-state index in [1.54, 1.807) is 13.2 Å². The van der Waals surface area contributed by atoms with Crippen LogP contribution in [0.4, 0.5) is 4.39 Å². The quantitative estimate of drug-likeness (QED) is 0.397. The van der Waals surface area contributed by atoms with Crippen LogP contribution >= 0.6 is 0 Å². The van der Waals surface area contributed by atoms with Crippen molar-refractivity contribution in [2.24, 2.45) is 12.0 Å². The van der Waals surface area contributed by atoms with E-state index in [1.165, 1.54) is 6.07 Å². The van der Waals surface area contributed by atoms with Gasteiger partial charge >= 0.3 is 0 Å². The summed E-state index contributed by atoms with van der Waals surface area (Å²) in [6.07, 6.45) is 1.67. The van der Waals surface area contributed by atoms with E-state index in [1.807, 2.05) is 31.5 Å². The summed E-state index contributed by atoms with van der Waals surface area (Å²) in [4.78, 5) is 4.60. The Morgan fingerprint density at radius 3 is 2.67 bits per heavy atom. The lowest BCUT2D eigenvalue weighted by Crippen LogP contribution is -2.39. The average molecular weight is 376 g/mol. The van der Waals surface area contributed by atoms with Crippen molar-refractivity contribution in [1.82, 2.24) is 25.4 Å². The molecule has 0 bridgehead atoms. The van der Waals surface area contributed by atoms with Crippen LogP contribution in [0.25, 0.3) is 0 Å². The SMILES string of the molecule is COCCCNC(=NCc1nnc(C)n1C)NCCc1ccc(F)cc1C. The molecule has 0 fully saturated rings. The van der Waals surface area contributed by atoms with Crippen LogP contribution in [0.1, 0.15) is 29.2 Å². The van der Waals surface area contributed by atoms with Crippen LogP contribution in [0, 0.1) is 19.7 Å². The van der Waals surface area contributed by atoms with Crippen LogP contribution in [0.3, 0.4) is 0 Å². The summed E-state index contributed by atoms with van der Waals surface area (Å²) in [5.74, 6) is 2.17. The Hall–Kier alpha value is -2.48. The number of aliphatic imine (C=N–C) groups is 1. The molecule has 0 aliphatic rings. The van der Waals surface area contributed by atoms with Gasteiger partial charge in [-0.05, 0) is 49.9 Å². The largest absolute Gasteiger partial charge is 0.385 e. The van der Waals surface area contributed by atoms with Gasteiger partial charge in [-0.15, -0.1) is 10.2 Å². The van der Waals surface area contributed by atoms with Gasteiger partial charge in [0, 0.05) is 33.9 Å². The smallest absolute Gasteiger partial charge is 0.191 e. The predicted octanol–water partition coefficient (Wildman–Crippen LogP) is 1.89. The first kappa shape index (κ1) is 20.8. The van der Waals surface area contributed by atoms with Crippen LogP contribution < -0.4 is 10.6 Å². The third kappa shape index (κ3) is 6.63. The topological polar surface area (TPSA) is 76.4 Å². The van der Waals surface area contributed by atoms with Crippen molar-refractivity contribution in [3.63, 3.8) is 0 Å². The van der Waals surface area contributed by atoms with Crippen molar-refractivity contribution in [2.45, 2.75) is 33.2 Å². The molecule has 0 spiro atoms. The van der Waals surface area contributed by atoms with Crippen molar-refractivity contribution in [3.05, 3.63) is 46.8 Å². The van der Waals surface area contributed by atoms with E-state index < -0.39 is 0 Å². The number of hydrogen-bond acceptors (Lipinski definition) is 4. The number of benzene rings is 1. The first-order valence-corrected chi connectivity index (χ1v) is 9.12. The average Bonchev–Trinajstić information content (AvgIpc) is 2.96. The Balaban J connectivity index is 1.94. The molecule has 148 valence electrons. The van der Waals surface area contributed by atoms with E-state index in [0.717, 1.165) is 42.2 Å². The third-order valence-electron chi connectivity index (χ3n) is 4.37. The molecule has 7 nitrogen and oxygen atoms in total. The van der Waals surface area contributed by atoms with Gasteiger partial charge in [0.15, 0.2) is 11.8 Å². The van der Waals surface area contributed by atoms with Gasteiger partial charge in [0.05, 0.1) is 0 Å². The minimum Gasteiger partial charge on any atom is -0.385 e. The molecule has 0 atom stereocenters. The van der Waals surface area contributed by atoms with Crippen LogP contribution in [0.2, 0.25) is 0 Å². The van der Waals surface area contributed by atoms with Crippen molar-refractivity contribution >= 4 is 5.96 Å². The highest BCUT2D eigenvalue weighted by atomic mass is 19.1. The summed E-state index contributed by atoms with van der Waals surface area (Å²) in [5, 5.41) is 14.8. The van der Waals surface area contributed by atoms with Crippen molar-refractivity contribution in [2.75, 3.05) is 26.8 Å². The zero-order valence-electron chi connectivity index (χ0n) is 16.5. The van der Waals surface area contributed by atoms with Gasteiger partial charge in [-0.1, -0.05) is 6.07 Å². The second-order valence-electron chi connectivity index (χ2n) is 6.41. The van der Waals surface area contributed by atoms with Gasteiger partial charge in [0.1, 0.15) is 18.2 Å². The van der Waals surface area contributed by atoms with E-state index in [2.05, 4.69) is 25.8 Å². The maximum atomic E-state index is 13.2. The molecule has 1 aromatic heterocycles. The standard InChI is InChI=1S/C19H29FN6O/c1-14-12-17(20)7-6-16(14)8-10-22-19(21-9-5-11-27-4)23-13-18-25-24-15(2)26(18)3/h6-7,12H,5,8-11,13H2,1-4H3,(H2,21,22,23). The fourth-order valence-corrected chi connectivity index (χ4v) is 2.59. The van der Waals surface area contributed by atoms with E-state index in [4.69, 9.17) is 4.74 Å². The van der Waals surface area contributed by atoms with E-state index in [9.17, 15) is 4.39 Å².